The van der Waals surface area contributed by atoms with Crippen molar-refractivity contribution in [1.29, 1.82) is 0 Å². The van der Waals surface area contributed by atoms with Gasteiger partial charge in [-0.1, -0.05) is 24.3 Å². The Hall–Kier alpha value is -2.33. The Morgan fingerprint density at radius 1 is 1.17 bits per heavy atom. The molecule has 0 saturated heterocycles. The van der Waals surface area contributed by atoms with Crippen LogP contribution in [0.4, 0.5) is 5.69 Å². The van der Waals surface area contributed by atoms with Crippen molar-refractivity contribution in [2.45, 2.75) is 20.0 Å². The fourth-order valence-corrected chi connectivity index (χ4v) is 2.91. The molecule has 0 radical (unpaired) electrons. The Morgan fingerprint density at radius 3 is 2.61 bits per heavy atom. The Kier molecular flexibility index (Phi) is 4.35. The second kappa shape index (κ2) is 6.42. The van der Waals surface area contributed by atoms with Gasteiger partial charge in [0.15, 0.2) is 0 Å². The molecule has 23 heavy (non-hydrogen) atoms. The van der Waals surface area contributed by atoms with E-state index in [1.807, 2.05) is 50.4 Å². The molecule has 1 N–H and O–H groups in total. The number of rotatable bonds is 5. The first-order chi connectivity index (χ1) is 11.1. The molecule has 120 valence electrons. The minimum Gasteiger partial charge on any atom is -0.387 e. The summed E-state index contributed by atoms with van der Waals surface area (Å²) in [5.74, 6) is 0.978. The summed E-state index contributed by atoms with van der Waals surface area (Å²) < 4.78 is 2.06. The number of aliphatic hydroxyl groups is 1. The van der Waals surface area contributed by atoms with Crippen LogP contribution in [0.1, 0.15) is 24.4 Å². The number of anilines is 1. The fraction of sp³-hybridized carbons (Fsp3) is 0.316. The molecule has 1 heterocycles. The zero-order chi connectivity index (χ0) is 16.4. The quantitative estimate of drug-likeness (QED) is 0.785. The number of hydrogen-bond acceptors (Lipinski definition) is 3. The molecule has 1 atom stereocenters. The summed E-state index contributed by atoms with van der Waals surface area (Å²) in [6.07, 6.45) is -0.540. The summed E-state index contributed by atoms with van der Waals surface area (Å²) in [7, 11) is 2.01. The fourth-order valence-electron chi connectivity index (χ4n) is 2.91. The van der Waals surface area contributed by atoms with Gasteiger partial charge in [0, 0.05) is 25.8 Å². The number of aliphatic hydroxyl groups excluding tert-OH is 1. The lowest BCUT2D eigenvalue weighted by molar-refractivity contribution is 0.184. The van der Waals surface area contributed by atoms with Gasteiger partial charge in [-0.3, -0.25) is 0 Å². The molecule has 3 rings (SSSR count). The third kappa shape index (κ3) is 3.08. The van der Waals surface area contributed by atoms with E-state index in [1.165, 1.54) is 0 Å². The van der Waals surface area contributed by atoms with E-state index in [-0.39, 0.29) is 0 Å². The second-order valence-electron chi connectivity index (χ2n) is 5.86. The molecule has 3 aromatic rings. The van der Waals surface area contributed by atoms with Gasteiger partial charge in [0.05, 0.1) is 17.1 Å². The summed E-state index contributed by atoms with van der Waals surface area (Å²) in [5, 5.41) is 10.6. The predicted octanol–water partition coefficient (Wildman–Crippen LogP) is 3.44. The first kappa shape index (κ1) is 15.6. The van der Waals surface area contributed by atoms with Gasteiger partial charge in [0.25, 0.3) is 0 Å². The predicted molar refractivity (Wildman–Crippen MR) is 94.7 cm³/mol. The van der Waals surface area contributed by atoms with Crippen LogP contribution in [-0.4, -0.2) is 27.7 Å². The van der Waals surface area contributed by atoms with Gasteiger partial charge in [0.1, 0.15) is 5.82 Å². The zero-order valence-electron chi connectivity index (χ0n) is 13.9. The Morgan fingerprint density at radius 2 is 1.91 bits per heavy atom. The second-order valence-corrected chi connectivity index (χ2v) is 5.86. The first-order valence-corrected chi connectivity index (χ1v) is 8.01. The topological polar surface area (TPSA) is 41.3 Å². The number of nitrogens with zero attached hydrogens (tertiary/aromatic N) is 3. The highest BCUT2D eigenvalue weighted by Gasteiger charge is 2.15. The Bertz CT molecular complexity index is 795. The van der Waals surface area contributed by atoms with E-state index in [2.05, 4.69) is 33.5 Å². The minimum absolute atomic E-state index is 0.540. The molecule has 0 saturated carbocycles. The van der Waals surface area contributed by atoms with Gasteiger partial charge in [-0.05, 0) is 43.7 Å². The molecule has 2 aromatic carbocycles. The molecule has 1 aromatic heterocycles. The molecule has 0 aliphatic carbocycles. The lowest BCUT2D eigenvalue weighted by Crippen LogP contribution is -2.28. The van der Waals surface area contributed by atoms with Crippen molar-refractivity contribution >= 4 is 16.7 Å². The molecule has 0 spiro atoms. The number of fused-ring (bicyclic) bond motifs is 1. The van der Waals surface area contributed by atoms with Crippen LogP contribution in [0.2, 0.25) is 0 Å². The highest BCUT2D eigenvalue weighted by atomic mass is 16.3. The maximum Gasteiger partial charge on any atom is 0.106 e. The lowest BCUT2D eigenvalue weighted by atomic mass is 10.1. The molecule has 1 unspecified atom stereocenters. The molecule has 0 amide bonds. The first-order valence-electron chi connectivity index (χ1n) is 8.01. The number of benzene rings is 2. The number of aromatic nitrogens is 2. The van der Waals surface area contributed by atoms with Crippen LogP contribution in [0.5, 0.6) is 0 Å². The van der Waals surface area contributed by atoms with Crippen molar-refractivity contribution < 1.29 is 5.11 Å². The van der Waals surface area contributed by atoms with E-state index < -0.39 is 6.10 Å². The van der Waals surface area contributed by atoms with E-state index in [1.54, 1.807) is 0 Å². The van der Waals surface area contributed by atoms with Crippen LogP contribution < -0.4 is 4.90 Å². The monoisotopic (exact) mass is 309 g/mol. The average Bonchev–Trinajstić information content (AvgIpc) is 2.87. The van der Waals surface area contributed by atoms with E-state index >= 15 is 0 Å². The van der Waals surface area contributed by atoms with Gasteiger partial charge in [-0.25, -0.2) is 4.98 Å². The van der Waals surface area contributed by atoms with Crippen LogP contribution >= 0.6 is 0 Å². The average molecular weight is 309 g/mol. The summed E-state index contributed by atoms with van der Waals surface area (Å²) in [4.78, 5) is 6.73. The highest BCUT2D eigenvalue weighted by molar-refractivity contribution is 5.77. The number of aryl methyl sites for hydroxylation is 2. The molecular formula is C19H23N3O. The third-order valence-electron chi connectivity index (χ3n) is 4.41. The van der Waals surface area contributed by atoms with Crippen molar-refractivity contribution in [3.05, 3.63) is 59.9 Å². The number of imidazole rings is 1. The van der Waals surface area contributed by atoms with Gasteiger partial charge in [0.2, 0.25) is 0 Å². The largest absolute Gasteiger partial charge is 0.387 e. The van der Waals surface area contributed by atoms with Crippen molar-refractivity contribution in [1.82, 2.24) is 9.55 Å². The maximum absolute atomic E-state index is 10.6. The number of para-hydroxylation sites is 1. The lowest BCUT2D eigenvalue weighted by Gasteiger charge is -2.26. The van der Waals surface area contributed by atoms with E-state index in [9.17, 15) is 5.11 Å². The SMILES string of the molecule is CCN(CC(O)c1ccc2c(c1)nc(C)n2C)c1ccccc1. The summed E-state index contributed by atoms with van der Waals surface area (Å²) in [5.41, 5.74) is 4.06. The Labute approximate surface area is 137 Å². The summed E-state index contributed by atoms with van der Waals surface area (Å²) in [6.45, 7) is 5.51. The molecule has 0 aliphatic heterocycles. The zero-order valence-corrected chi connectivity index (χ0v) is 13.9. The molecule has 0 fully saturated rings. The third-order valence-corrected chi connectivity index (χ3v) is 4.41. The number of likely N-dealkylation sites (N-methyl/N-ethyl adjacent to an activating group) is 1. The van der Waals surface area contributed by atoms with Crippen LogP contribution in [-0.2, 0) is 7.05 Å². The molecule has 0 bridgehead atoms. The van der Waals surface area contributed by atoms with Crippen LogP contribution in [0.3, 0.4) is 0 Å². The summed E-state index contributed by atoms with van der Waals surface area (Å²) in [6, 6.07) is 16.2. The highest BCUT2D eigenvalue weighted by Crippen LogP contribution is 2.23. The smallest absolute Gasteiger partial charge is 0.106 e. The maximum atomic E-state index is 10.6. The standard InChI is InChI=1S/C19H23N3O/c1-4-22(16-8-6-5-7-9-16)13-19(23)15-10-11-18-17(12-15)20-14(2)21(18)3/h5-12,19,23H,4,13H2,1-3H3. The van der Waals surface area contributed by atoms with Crippen molar-refractivity contribution in [2.75, 3.05) is 18.0 Å². The van der Waals surface area contributed by atoms with Crippen LogP contribution in [0.25, 0.3) is 11.0 Å². The Balaban J connectivity index is 1.83. The van der Waals surface area contributed by atoms with Gasteiger partial charge in [-0.15, -0.1) is 0 Å². The van der Waals surface area contributed by atoms with Crippen molar-refractivity contribution in [2.24, 2.45) is 7.05 Å². The van der Waals surface area contributed by atoms with E-state index in [0.29, 0.717) is 6.54 Å². The molecule has 0 aliphatic rings. The van der Waals surface area contributed by atoms with Crippen LogP contribution in [0, 0.1) is 6.92 Å². The molecule has 4 nitrogen and oxygen atoms in total. The minimum atomic E-state index is -0.540. The van der Waals surface area contributed by atoms with Crippen LogP contribution in [0.15, 0.2) is 48.5 Å². The van der Waals surface area contributed by atoms with Gasteiger partial charge >= 0.3 is 0 Å². The van der Waals surface area contributed by atoms with E-state index in [4.69, 9.17) is 0 Å². The van der Waals surface area contributed by atoms with Crippen molar-refractivity contribution in [3.63, 3.8) is 0 Å². The van der Waals surface area contributed by atoms with Gasteiger partial charge in [-0.2, -0.15) is 0 Å². The number of hydrogen-bond donors (Lipinski definition) is 1. The van der Waals surface area contributed by atoms with Gasteiger partial charge < -0.3 is 14.6 Å². The molecule has 4 heteroatoms. The van der Waals surface area contributed by atoms with E-state index in [0.717, 1.165) is 34.7 Å². The molecular weight excluding hydrogens is 286 g/mol. The summed E-state index contributed by atoms with van der Waals surface area (Å²) >= 11 is 0. The normalized spacial score (nSPS) is 12.5. The van der Waals surface area contributed by atoms with Crippen molar-refractivity contribution in [3.8, 4) is 0 Å².